The van der Waals surface area contributed by atoms with Crippen molar-refractivity contribution in [3.05, 3.63) is 64.9 Å². The Morgan fingerprint density at radius 1 is 0.971 bits per heavy atom. The fraction of sp³-hybridized carbons (Fsp3) is 0.481. The summed E-state index contributed by atoms with van der Waals surface area (Å²) in [5.41, 5.74) is 1.03. The summed E-state index contributed by atoms with van der Waals surface area (Å²) in [6, 6.07) is 13.4. The molecule has 2 aromatic rings. The van der Waals surface area contributed by atoms with Crippen LogP contribution in [0.3, 0.4) is 0 Å². The van der Waals surface area contributed by atoms with E-state index in [4.69, 9.17) is 16.3 Å². The molecule has 0 N–H and O–H groups in total. The first kappa shape index (κ1) is 24.1. The minimum atomic E-state index is -0.535. The van der Waals surface area contributed by atoms with E-state index in [1.807, 2.05) is 29.2 Å². The third kappa shape index (κ3) is 5.46. The second kappa shape index (κ2) is 10.2. The van der Waals surface area contributed by atoms with E-state index in [1.54, 1.807) is 11.9 Å². The largest absolute Gasteiger partial charge is 0.415 e. The van der Waals surface area contributed by atoms with Crippen molar-refractivity contribution < 1.29 is 18.7 Å². The molecule has 0 spiro atoms. The Balaban J connectivity index is 1.30. The molecule has 0 bridgehead atoms. The summed E-state index contributed by atoms with van der Waals surface area (Å²) < 4.78 is 18.7. The van der Waals surface area contributed by atoms with Crippen LogP contribution in [-0.4, -0.2) is 72.0 Å². The lowest BCUT2D eigenvalue weighted by Crippen LogP contribution is -2.45. The van der Waals surface area contributed by atoms with E-state index in [9.17, 15) is 14.0 Å². The Hall–Kier alpha value is -2.64. The Kier molecular flexibility index (Phi) is 6.98. The smallest absolute Gasteiger partial charge is 0.410 e. The van der Waals surface area contributed by atoms with Crippen molar-refractivity contribution in [3.63, 3.8) is 0 Å². The van der Waals surface area contributed by atoms with Gasteiger partial charge in [0.05, 0.1) is 6.04 Å². The number of halogens is 2. The molecular formula is C27H31ClFN3O3. The fourth-order valence-corrected chi connectivity index (χ4v) is 5.54. The number of ether oxygens (including phenoxy) is 1. The van der Waals surface area contributed by atoms with Crippen molar-refractivity contribution in [2.75, 3.05) is 33.2 Å². The first-order valence-corrected chi connectivity index (χ1v) is 12.8. The van der Waals surface area contributed by atoms with Gasteiger partial charge in [0, 0.05) is 43.0 Å². The highest BCUT2D eigenvalue weighted by Crippen LogP contribution is 2.35. The van der Waals surface area contributed by atoms with Gasteiger partial charge in [-0.25, -0.2) is 9.18 Å². The molecule has 5 rings (SSSR count). The van der Waals surface area contributed by atoms with Crippen LogP contribution in [0.2, 0.25) is 5.02 Å². The third-order valence-electron chi connectivity index (χ3n) is 7.65. The van der Waals surface area contributed by atoms with Gasteiger partial charge in [-0.1, -0.05) is 23.7 Å². The number of hydrogen-bond acceptors (Lipinski definition) is 4. The molecule has 0 unspecified atom stereocenters. The molecule has 2 aliphatic heterocycles. The first-order chi connectivity index (χ1) is 16.9. The van der Waals surface area contributed by atoms with E-state index in [0.29, 0.717) is 18.1 Å². The molecule has 0 aromatic heterocycles. The molecule has 0 radical (unpaired) electrons. The van der Waals surface area contributed by atoms with Gasteiger partial charge in [-0.3, -0.25) is 4.79 Å². The fourth-order valence-electron chi connectivity index (χ4n) is 5.42. The summed E-state index contributed by atoms with van der Waals surface area (Å²) in [4.78, 5) is 32.5. The predicted molar refractivity (Wildman–Crippen MR) is 132 cm³/mol. The van der Waals surface area contributed by atoms with Crippen LogP contribution in [0.25, 0.3) is 0 Å². The number of amides is 2. The number of benzene rings is 2. The van der Waals surface area contributed by atoms with Crippen LogP contribution in [0.15, 0.2) is 48.5 Å². The molecular weight excluding hydrogens is 469 g/mol. The molecule has 35 heavy (non-hydrogen) atoms. The first-order valence-electron chi connectivity index (χ1n) is 12.4. The van der Waals surface area contributed by atoms with Gasteiger partial charge < -0.3 is 19.4 Å². The van der Waals surface area contributed by atoms with Gasteiger partial charge in [0.25, 0.3) is 0 Å². The number of hydrogen-bond donors (Lipinski definition) is 0. The maximum absolute atomic E-state index is 13.5. The van der Waals surface area contributed by atoms with Crippen molar-refractivity contribution >= 4 is 23.6 Å². The lowest BCUT2D eigenvalue weighted by Gasteiger charge is -2.33. The molecule has 2 saturated heterocycles. The summed E-state index contributed by atoms with van der Waals surface area (Å²) in [6.07, 6.45) is 3.83. The minimum absolute atomic E-state index is 0.0334. The van der Waals surface area contributed by atoms with Gasteiger partial charge >= 0.3 is 6.09 Å². The van der Waals surface area contributed by atoms with E-state index in [2.05, 4.69) is 4.90 Å². The SMILES string of the molecule is CN(C(=O)Oc1ccc(F)cc1)[C@@H]1CN(C(=O)C2CCN(C3CC3)CC2)C[C@H]1c1ccc(Cl)cc1. The van der Waals surface area contributed by atoms with E-state index < -0.39 is 11.9 Å². The highest BCUT2D eigenvalue weighted by Gasteiger charge is 2.43. The molecule has 1 aliphatic carbocycles. The molecule has 2 atom stereocenters. The molecule has 3 aliphatic rings. The number of carbonyl (C=O) groups excluding carboxylic acids is 2. The van der Waals surface area contributed by atoms with Crippen molar-refractivity contribution in [1.29, 1.82) is 0 Å². The number of nitrogens with zero attached hydrogens (tertiary/aromatic N) is 3. The zero-order chi connectivity index (χ0) is 24.5. The standard InChI is InChI=1S/C27H31ClFN3O3/c1-30(27(34)35-23-10-6-21(29)7-11-23)25-17-32(16-24(25)18-2-4-20(28)5-3-18)26(33)19-12-14-31(15-13-19)22-8-9-22/h2-7,10-11,19,22,24-25H,8-9,12-17H2,1H3/t24-,25+/m0/s1. The van der Waals surface area contributed by atoms with Gasteiger partial charge in [-0.15, -0.1) is 0 Å². The van der Waals surface area contributed by atoms with Crippen LogP contribution in [0, 0.1) is 11.7 Å². The van der Waals surface area contributed by atoms with Crippen molar-refractivity contribution in [2.24, 2.45) is 5.92 Å². The van der Waals surface area contributed by atoms with Crippen LogP contribution in [0.5, 0.6) is 5.75 Å². The van der Waals surface area contributed by atoms with Gasteiger partial charge in [-0.05, 0) is 80.7 Å². The van der Waals surface area contributed by atoms with E-state index in [0.717, 1.165) is 37.5 Å². The summed E-state index contributed by atoms with van der Waals surface area (Å²) >= 11 is 6.11. The van der Waals surface area contributed by atoms with E-state index in [-0.39, 0.29) is 29.5 Å². The average Bonchev–Trinajstić information content (AvgIpc) is 3.63. The molecule has 186 valence electrons. The quantitative estimate of drug-likeness (QED) is 0.594. The maximum Gasteiger partial charge on any atom is 0.415 e. The highest BCUT2D eigenvalue weighted by atomic mass is 35.5. The summed E-state index contributed by atoms with van der Waals surface area (Å²) in [6.45, 7) is 2.97. The Bertz CT molecular complexity index is 1050. The molecule has 2 aromatic carbocycles. The topological polar surface area (TPSA) is 53.1 Å². The minimum Gasteiger partial charge on any atom is -0.410 e. The Morgan fingerprint density at radius 2 is 1.63 bits per heavy atom. The molecule has 1 saturated carbocycles. The van der Waals surface area contributed by atoms with Crippen LogP contribution < -0.4 is 4.74 Å². The summed E-state index contributed by atoms with van der Waals surface area (Å²) in [5, 5.41) is 0.641. The molecule has 2 amide bonds. The van der Waals surface area contributed by atoms with E-state index in [1.165, 1.54) is 37.1 Å². The summed E-state index contributed by atoms with van der Waals surface area (Å²) in [7, 11) is 1.70. The zero-order valence-corrected chi connectivity index (χ0v) is 20.7. The third-order valence-corrected chi connectivity index (χ3v) is 7.90. The predicted octanol–water partition coefficient (Wildman–Crippen LogP) is 4.78. The second-order valence-electron chi connectivity index (χ2n) is 9.94. The normalized spacial score (nSPS) is 23.3. The second-order valence-corrected chi connectivity index (χ2v) is 10.4. The lowest BCUT2D eigenvalue weighted by molar-refractivity contribution is -0.136. The zero-order valence-electron chi connectivity index (χ0n) is 19.9. The Morgan fingerprint density at radius 3 is 2.26 bits per heavy atom. The number of likely N-dealkylation sites (tertiary alicyclic amines) is 2. The molecule has 8 heteroatoms. The number of carbonyl (C=O) groups is 2. The van der Waals surface area contributed by atoms with Crippen LogP contribution in [0.4, 0.5) is 9.18 Å². The van der Waals surface area contributed by atoms with Gasteiger partial charge in [0.2, 0.25) is 5.91 Å². The number of rotatable bonds is 5. The van der Waals surface area contributed by atoms with Gasteiger partial charge in [-0.2, -0.15) is 0 Å². The highest BCUT2D eigenvalue weighted by molar-refractivity contribution is 6.30. The van der Waals surface area contributed by atoms with Crippen molar-refractivity contribution in [1.82, 2.24) is 14.7 Å². The van der Waals surface area contributed by atoms with Crippen LogP contribution in [0.1, 0.15) is 37.2 Å². The van der Waals surface area contributed by atoms with Crippen molar-refractivity contribution in [2.45, 2.75) is 43.7 Å². The number of likely N-dealkylation sites (N-methyl/N-ethyl adjacent to an activating group) is 1. The maximum atomic E-state index is 13.5. The molecule has 6 nitrogen and oxygen atoms in total. The molecule has 3 fully saturated rings. The Labute approximate surface area is 210 Å². The lowest BCUT2D eigenvalue weighted by atomic mass is 9.93. The van der Waals surface area contributed by atoms with Gasteiger partial charge in [0.15, 0.2) is 0 Å². The monoisotopic (exact) mass is 499 g/mol. The van der Waals surface area contributed by atoms with E-state index >= 15 is 0 Å². The summed E-state index contributed by atoms with van der Waals surface area (Å²) in [5.74, 6) is 0.0374. The van der Waals surface area contributed by atoms with Gasteiger partial charge in [0.1, 0.15) is 11.6 Å². The van der Waals surface area contributed by atoms with Crippen LogP contribution >= 0.6 is 11.6 Å². The number of piperidine rings is 1. The molecule has 2 heterocycles. The average molecular weight is 500 g/mol. The van der Waals surface area contributed by atoms with Crippen LogP contribution in [-0.2, 0) is 4.79 Å². The van der Waals surface area contributed by atoms with Crippen molar-refractivity contribution in [3.8, 4) is 5.75 Å².